The van der Waals surface area contributed by atoms with Gasteiger partial charge in [-0.3, -0.25) is 9.80 Å². The highest BCUT2D eigenvalue weighted by Crippen LogP contribution is 2.17. The molecule has 2 saturated heterocycles. The number of hydrogen-bond acceptors (Lipinski definition) is 4. The van der Waals surface area contributed by atoms with Crippen molar-refractivity contribution in [3.8, 4) is 0 Å². The van der Waals surface area contributed by atoms with Gasteiger partial charge in [-0.05, 0) is 33.6 Å². The highest BCUT2D eigenvalue weighted by molar-refractivity contribution is 4.81. The third-order valence-corrected chi connectivity index (χ3v) is 4.30. The summed E-state index contributed by atoms with van der Waals surface area (Å²) >= 11 is 0. The van der Waals surface area contributed by atoms with Crippen LogP contribution in [0.2, 0.25) is 0 Å². The van der Waals surface area contributed by atoms with Gasteiger partial charge in [0, 0.05) is 38.3 Å². The molecule has 2 aliphatic rings. The van der Waals surface area contributed by atoms with Crippen LogP contribution < -0.4 is 0 Å². The molecule has 2 aliphatic heterocycles. The molecular formula is C14H28N2O2. The molecule has 0 aromatic rings. The molecule has 0 amide bonds. The van der Waals surface area contributed by atoms with Crippen molar-refractivity contribution in [2.75, 3.05) is 32.8 Å². The van der Waals surface area contributed by atoms with Crippen LogP contribution >= 0.6 is 0 Å². The molecule has 1 N–H and O–H groups in total. The van der Waals surface area contributed by atoms with Crippen LogP contribution in [0.3, 0.4) is 0 Å². The fourth-order valence-electron chi connectivity index (χ4n) is 2.91. The van der Waals surface area contributed by atoms with E-state index >= 15 is 0 Å². The largest absolute Gasteiger partial charge is 0.392 e. The highest BCUT2D eigenvalue weighted by Gasteiger charge is 2.28. The Balaban J connectivity index is 1.66. The third-order valence-electron chi connectivity index (χ3n) is 4.30. The Kier molecular flexibility index (Phi) is 5.01. The van der Waals surface area contributed by atoms with Gasteiger partial charge in [-0.2, -0.15) is 0 Å². The summed E-state index contributed by atoms with van der Waals surface area (Å²) in [5.74, 6) is 0. The Morgan fingerprint density at radius 3 is 2.39 bits per heavy atom. The molecule has 106 valence electrons. The van der Waals surface area contributed by atoms with Crippen LogP contribution in [0, 0.1) is 0 Å². The molecule has 2 rings (SSSR count). The highest BCUT2D eigenvalue weighted by atomic mass is 16.5. The number of aliphatic hydroxyl groups excluding tert-OH is 1. The average molecular weight is 256 g/mol. The van der Waals surface area contributed by atoms with Crippen LogP contribution in [0.1, 0.15) is 33.6 Å². The van der Waals surface area contributed by atoms with Crippen LogP contribution in [0.25, 0.3) is 0 Å². The van der Waals surface area contributed by atoms with E-state index in [1.807, 2.05) is 0 Å². The summed E-state index contributed by atoms with van der Waals surface area (Å²) in [6.07, 6.45) is 2.35. The number of ether oxygens (including phenoxy) is 1. The minimum absolute atomic E-state index is 0.129. The van der Waals surface area contributed by atoms with Crippen molar-refractivity contribution in [3.63, 3.8) is 0 Å². The molecule has 2 unspecified atom stereocenters. The minimum atomic E-state index is -0.129. The van der Waals surface area contributed by atoms with E-state index in [2.05, 4.69) is 30.6 Å². The first-order chi connectivity index (χ1) is 8.56. The second-order valence-electron chi connectivity index (χ2n) is 6.12. The summed E-state index contributed by atoms with van der Waals surface area (Å²) in [6, 6.07) is 1.06. The zero-order valence-corrected chi connectivity index (χ0v) is 12.0. The van der Waals surface area contributed by atoms with E-state index in [1.165, 1.54) is 6.54 Å². The first-order valence-corrected chi connectivity index (χ1v) is 7.34. The summed E-state index contributed by atoms with van der Waals surface area (Å²) in [4.78, 5) is 4.81. The van der Waals surface area contributed by atoms with Gasteiger partial charge >= 0.3 is 0 Å². The SMILES string of the molecule is CC(C)N1CC[C@H](OCC(C)N2CCC(O)C2)C1. The normalized spacial score (nSPS) is 32.5. The molecule has 3 atom stereocenters. The van der Waals surface area contributed by atoms with Crippen LogP contribution in [-0.2, 0) is 4.74 Å². The topological polar surface area (TPSA) is 35.9 Å². The second kappa shape index (κ2) is 6.33. The molecule has 0 saturated carbocycles. The maximum absolute atomic E-state index is 9.53. The summed E-state index contributed by atoms with van der Waals surface area (Å²) in [7, 11) is 0. The van der Waals surface area contributed by atoms with E-state index in [1.54, 1.807) is 0 Å². The van der Waals surface area contributed by atoms with Crippen molar-refractivity contribution in [2.24, 2.45) is 0 Å². The van der Waals surface area contributed by atoms with E-state index in [4.69, 9.17) is 4.74 Å². The molecule has 0 spiro atoms. The van der Waals surface area contributed by atoms with Crippen molar-refractivity contribution in [1.29, 1.82) is 0 Å². The van der Waals surface area contributed by atoms with Gasteiger partial charge in [0.25, 0.3) is 0 Å². The number of nitrogens with zero attached hydrogens (tertiary/aromatic N) is 2. The van der Waals surface area contributed by atoms with Gasteiger partial charge in [0.2, 0.25) is 0 Å². The van der Waals surface area contributed by atoms with Crippen molar-refractivity contribution in [1.82, 2.24) is 9.80 Å². The molecule has 0 aromatic heterocycles. The lowest BCUT2D eigenvalue weighted by Gasteiger charge is -2.25. The van der Waals surface area contributed by atoms with Crippen molar-refractivity contribution in [3.05, 3.63) is 0 Å². The van der Waals surface area contributed by atoms with Gasteiger partial charge in [0.05, 0.1) is 18.8 Å². The molecule has 0 aliphatic carbocycles. The fraction of sp³-hybridized carbons (Fsp3) is 1.00. The predicted molar refractivity (Wildman–Crippen MR) is 72.7 cm³/mol. The first kappa shape index (κ1) is 14.3. The molecule has 18 heavy (non-hydrogen) atoms. The molecule has 4 nitrogen and oxygen atoms in total. The molecule has 0 bridgehead atoms. The average Bonchev–Trinajstić information content (AvgIpc) is 2.94. The van der Waals surface area contributed by atoms with Crippen molar-refractivity contribution in [2.45, 2.75) is 57.9 Å². The van der Waals surface area contributed by atoms with Crippen molar-refractivity contribution < 1.29 is 9.84 Å². The quantitative estimate of drug-likeness (QED) is 0.794. The predicted octanol–water partition coefficient (Wildman–Crippen LogP) is 0.941. The van der Waals surface area contributed by atoms with Gasteiger partial charge in [-0.15, -0.1) is 0 Å². The Bertz CT molecular complexity index is 260. The van der Waals surface area contributed by atoms with Crippen LogP contribution in [0.15, 0.2) is 0 Å². The fourth-order valence-corrected chi connectivity index (χ4v) is 2.91. The van der Waals surface area contributed by atoms with Gasteiger partial charge in [0.15, 0.2) is 0 Å². The van der Waals surface area contributed by atoms with Crippen LogP contribution in [0.4, 0.5) is 0 Å². The van der Waals surface area contributed by atoms with E-state index in [9.17, 15) is 5.11 Å². The maximum Gasteiger partial charge on any atom is 0.0715 e. The maximum atomic E-state index is 9.53. The summed E-state index contributed by atoms with van der Waals surface area (Å²) in [5.41, 5.74) is 0. The minimum Gasteiger partial charge on any atom is -0.392 e. The Hall–Kier alpha value is -0.160. The number of rotatable bonds is 5. The molecule has 0 aromatic carbocycles. The van der Waals surface area contributed by atoms with Gasteiger partial charge < -0.3 is 9.84 Å². The summed E-state index contributed by atoms with van der Waals surface area (Å²) < 4.78 is 6.03. The molecular weight excluding hydrogens is 228 g/mol. The summed E-state index contributed by atoms with van der Waals surface area (Å²) in [6.45, 7) is 11.6. The van der Waals surface area contributed by atoms with Gasteiger partial charge in [0.1, 0.15) is 0 Å². The van der Waals surface area contributed by atoms with Crippen LogP contribution in [0.5, 0.6) is 0 Å². The Morgan fingerprint density at radius 2 is 1.83 bits per heavy atom. The Morgan fingerprint density at radius 1 is 1.11 bits per heavy atom. The molecule has 2 fully saturated rings. The third kappa shape index (κ3) is 3.67. The van der Waals surface area contributed by atoms with E-state index < -0.39 is 0 Å². The smallest absolute Gasteiger partial charge is 0.0715 e. The zero-order valence-electron chi connectivity index (χ0n) is 12.0. The lowest BCUT2D eigenvalue weighted by atomic mass is 10.3. The van der Waals surface area contributed by atoms with Crippen LogP contribution in [-0.4, -0.2) is 72.0 Å². The van der Waals surface area contributed by atoms with Gasteiger partial charge in [-0.25, -0.2) is 0 Å². The number of hydrogen-bond donors (Lipinski definition) is 1. The monoisotopic (exact) mass is 256 g/mol. The number of β-amino-alcohol motifs (C(OH)–C–C–N with tert-alkyl or cyclic N) is 1. The van der Waals surface area contributed by atoms with Gasteiger partial charge in [-0.1, -0.05) is 0 Å². The number of aliphatic hydroxyl groups is 1. The van der Waals surface area contributed by atoms with E-state index in [0.29, 0.717) is 18.2 Å². The van der Waals surface area contributed by atoms with E-state index in [-0.39, 0.29) is 6.10 Å². The lowest BCUT2D eigenvalue weighted by molar-refractivity contribution is 0.0188. The molecule has 2 heterocycles. The van der Waals surface area contributed by atoms with E-state index in [0.717, 1.165) is 39.1 Å². The van der Waals surface area contributed by atoms with Crippen molar-refractivity contribution >= 4 is 0 Å². The number of likely N-dealkylation sites (tertiary alicyclic amines) is 2. The lowest BCUT2D eigenvalue weighted by Crippen LogP contribution is -2.37. The second-order valence-corrected chi connectivity index (χ2v) is 6.12. The summed E-state index contributed by atoms with van der Waals surface area (Å²) in [5, 5.41) is 9.53. The zero-order chi connectivity index (χ0) is 13.1. The Labute approximate surface area is 111 Å². The first-order valence-electron chi connectivity index (χ1n) is 7.34. The standard InChI is InChI=1S/C14H28N2O2/c1-11(2)15-7-5-14(9-15)18-10-12(3)16-6-4-13(17)8-16/h11-14,17H,4-10H2,1-3H3/t12?,13?,14-/m0/s1. The molecule has 0 radical (unpaired) electrons. The molecule has 4 heteroatoms.